The number of nitrogens with zero attached hydrogens (tertiary/aromatic N) is 2. The Hall–Kier alpha value is -3.61. The quantitative estimate of drug-likeness (QED) is 0.497. The van der Waals surface area contributed by atoms with Crippen molar-refractivity contribution in [3.05, 3.63) is 59.6 Å². The van der Waals surface area contributed by atoms with Crippen LogP contribution in [0.25, 0.3) is 27.7 Å². The van der Waals surface area contributed by atoms with E-state index in [1.807, 2.05) is 26.8 Å². The number of halogens is 1. The number of hydrogen-bond donors (Lipinski definition) is 0. The van der Waals surface area contributed by atoms with Gasteiger partial charge in [-0.1, -0.05) is 12.1 Å². The van der Waals surface area contributed by atoms with Gasteiger partial charge in [-0.25, -0.2) is 4.39 Å². The molecule has 0 radical (unpaired) electrons. The van der Waals surface area contributed by atoms with Gasteiger partial charge in [-0.05, 0) is 50.1 Å². The molecule has 0 spiro atoms. The number of piperazine rings is 1. The lowest BCUT2D eigenvalue weighted by atomic mass is 9.96. The zero-order valence-corrected chi connectivity index (χ0v) is 20.0. The molecule has 2 amide bonds. The van der Waals surface area contributed by atoms with E-state index >= 15 is 0 Å². The smallest absolute Gasteiger partial charge is 0.246 e. The van der Waals surface area contributed by atoms with Crippen LogP contribution >= 0.6 is 0 Å². The third-order valence-corrected chi connectivity index (χ3v) is 6.29. The van der Waals surface area contributed by atoms with Crippen LogP contribution in [-0.4, -0.2) is 54.4 Å². The van der Waals surface area contributed by atoms with Crippen molar-refractivity contribution in [2.24, 2.45) is 0 Å². The molecular weight excluding hydrogens is 435 g/mol. The Morgan fingerprint density at radius 3 is 2.35 bits per heavy atom. The lowest BCUT2D eigenvalue weighted by Crippen LogP contribution is -2.49. The molecule has 0 bridgehead atoms. The number of furan rings is 1. The number of carbonyl (C=O) groups is 2. The molecule has 34 heavy (non-hydrogen) atoms. The van der Waals surface area contributed by atoms with Crippen LogP contribution in [0.1, 0.15) is 31.9 Å². The first kappa shape index (κ1) is 23.5. The highest BCUT2D eigenvalue weighted by Gasteiger charge is 2.23. The lowest BCUT2D eigenvalue weighted by Gasteiger charge is -2.33. The number of fused-ring (bicyclic) bond motifs is 1. The highest BCUT2D eigenvalue weighted by Crippen LogP contribution is 2.40. The van der Waals surface area contributed by atoms with Gasteiger partial charge < -0.3 is 19.0 Å². The predicted octanol–water partition coefficient (Wildman–Crippen LogP) is 5.04. The minimum atomic E-state index is -0.298. The van der Waals surface area contributed by atoms with Gasteiger partial charge in [0, 0.05) is 61.3 Å². The third-order valence-electron chi connectivity index (χ3n) is 6.29. The molecule has 0 saturated carbocycles. The van der Waals surface area contributed by atoms with Crippen molar-refractivity contribution in [2.75, 3.05) is 32.8 Å². The van der Waals surface area contributed by atoms with Gasteiger partial charge in [-0.15, -0.1) is 0 Å². The second kappa shape index (κ2) is 9.71. The zero-order valence-electron chi connectivity index (χ0n) is 20.0. The van der Waals surface area contributed by atoms with E-state index in [1.165, 1.54) is 12.1 Å². The number of allylic oxidation sites excluding steroid dienone is 1. The summed E-state index contributed by atoms with van der Waals surface area (Å²) in [5.74, 6) is 0.319. The van der Waals surface area contributed by atoms with Crippen LogP contribution in [0.15, 0.2) is 47.1 Å². The fourth-order valence-electron chi connectivity index (χ4n) is 4.39. The molecule has 1 aliphatic heterocycles. The van der Waals surface area contributed by atoms with Crippen molar-refractivity contribution < 1.29 is 23.1 Å². The molecular formula is C27H29FN2O4. The third kappa shape index (κ3) is 4.55. The van der Waals surface area contributed by atoms with Crippen molar-refractivity contribution in [1.29, 1.82) is 0 Å². The highest BCUT2D eigenvalue weighted by molar-refractivity contribution is 6.01. The van der Waals surface area contributed by atoms with Crippen molar-refractivity contribution in [3.63, 3.8) is 0 Å². The normalized spacial score (nSPS) is 14.6. The summed E-state index contributed by atoms with van der Waals surface area (Å²) >= 11 is 0. The summed E-state index contributed by atoms with van der Waals surface area (Å²) in [6.45, 7) is 9.86. The summed E-state index contributed by atoms with van der Waals surface area (Å²) in [6, 6.07) is 8.26. The van der Waals surface area contributed by atoms with E-state index in [0.29, 0.717) is 44.1 Å². The second-order valence-corrected chi connectivity index (χ2v) is 8.50. The Labute approximate surface area is 198 Å². The number of hydrogen-bond acceptors (Lipinski definition) is 4. The van der Waals surface area contributed by atoms with Crippen molar-refractivity contribution in [3.8, 4) is 16.9 Å². The SMILES string of the molecule is CCOc1c(/C(C)=C/C(=O)N2CCN(C(C)=O)CC2)cc2c(-c3ccc(F)cc3)coc2c1C. The van der Waals surface area contributed by atoms with Crippen LogP contribution in [0.5, 0.6) is 5.75 Å². The van der Waals surface area contributed by atoms with Gasteiger partial charge in [0.1, 0.15) is 17.1 Å². The largest absolute Gasteiger partial charge is 0.493 e. The van der Waals surface area contributed by atoms with Crippen LogP contribution < -0.4 is 4.74 Å². The monoisotopic (exact) mass is 464 g/mol. The lowest BCUT2D eigenvalue weighted by molar-refractivity contribution is -0.135. The summed E-state index contributed by atoms with van der Waals surface area (Å²) in [5, 5.41) is 0.873. The van der Waals surface area contributed by atoms with Crippen LogP contribution in [-0.2, 0) is 9.59 Å². The molecule has 2 aromatic carbocycles. The molecule has 0 atom stereocenters. The Balaban J connectivity index is 1.72. The second-order valence-electron chi connectivity index (χ2n) is 8.50. The minimum Gasteiger partial charge on any atom is -0.493 e. The van der Waals surface area contributed by atoms with Gasteiger partial charge in [0.25, 0.3) is 0 Å². The van der Waals surface area contributed by atoms with Crippen molar-refractivity contribution >= 4 is 28.4 Å². The van der Waals surface area contributed by atoms with Crippen LogP contribution in [0, 0.1) is 12.7 Å². The number of carbonyl (C=O) groups excluding carboxylic acids is 2. The maximum Gasteiger partial charge on any atom is 0.246 e. The fourth-order valence-corrected chi connectivity index (χ4v) is 4.39. The Bertz CT molecular complexity index is 1250. The first-order valence-electron chi connectivity index (χ1n) is 11.5. The van der Waals surface area contributed by atoms with E-state index in [1.54, 1.807) is 41.2 Å². The Morgan fingerprint density at radius 2 is 1.74 bits per heavy atom. The molecule has 0 unspecified atom stereocenters. The van der Waals surface area contributed by atoms with Crippen molar-refractivity contribution in [1.82, 2.24) is 9.80 Å². The van der Waals surface area contributed by atoms with Crippen LogP contribution in [0.2, 0.25) is 0 Å². The van der Waals surface area contributed by atoms with Gasteiger partial charge in [-0.2, -0.15) is 0 Å². The molecule has 4 rings (SSSR count). The summed E-state index contributed by atoms with van der Waals surface area (Å²) in [4.78, 5) is 28.1. The maximum atomic E-state index is 13.4. The summed E-state index contributed by atoms with van der Waals surface area (Å²) in [7, 11) is 0. The molecule has 0 N–H and O–H groups in total. The van der Waals surface area contributed by atoms with E-state index in [-0.39, 0.29) is 17.6 Å². The summed E-state index contributed by atoms with van der Waals surface area (Å²) in [6.07, 6.45) is 3.30. The molecule has 1 saturated heterocycles. The molecule has 1 aromatic heterocycles. The average molecular weight is 465 g/mol. The number of aryl methyl sites for hydroxylation is 1. The standard InChI is InChI=1S/C27H29FN2O4/c1-5-33-26-18(3)27-23(24(16-34-27)20-6-8-21(28)9-7-20)15-22(26)17(2)14-25(32)30-12-10-29(11-13-30)19(4)31/h6-9,14-16H,5,10-13H2,1-4H3/b17-14+. The van der Waals surface area contributed by atoms with E-state index in [9.17, 15) is 14.0 Å². The van der Waals surface area contributed by atoms with Gasteiger partial charge >= 0.3 is 0 Å². The molecule has 1 aliphatic rings. The molecule has 178 valence electrons. The van der Waals surface area contributed by atoms with E-state index < -0.39 is 0 Å². The molecule has 3 aromatic rings. The van der Waals surface area contributed by atoms with Gasteiger partial charge in [0.2, 0.25) is 11.8 Å². The van der Waals surface area contributed by atoms with Gasteiger partial charge in [0.15, 0.2) is 0 Å². The van der Waals surface area contributed by atoms with E-state index in [0.717, 1.165) is 33.2 Å². The molecule has 6 nitrogen and oxygen atoms in total. The molecule has 2 heterocycles. The predicted molar refractivity (Wildman–Crippen MR) is 130 cm³/mol. The Morgan fingerprint density at radius 1 is 1.09 bits per heavy atom. The highest BCUT2D eigenvalue weighted by atomic mass is 19.1. The first-order valence-corrected chi connectivity index (χ1v) is 11.5. The van der Waals surface area contributed by atoms with Crippen LogP contribution in [0.4, 0.5) is 4.39 Å². The number of benzene rings is 2. The molecule has 7 heteroatoms. The van der Waals surface area contributed by atoms with Crippen LogP contribution in [0.3, 0.4) is 0 Å². The average Bonchev–Trinajstić information content (AvgIpc) is 3.25. The topological polar surface area (TPSA) is 63.0 Å². The summed E-state index contributed by atoms with van der Waals surface area (Å²) < 4.78 is 25.3. The van der Waals surface area contributed by atoms with Gasteiger partial charge in [0.05, 0.1) is 12.9 Å². The maximum absolute atomic E-state index is 13.4. The number of rotatable bonds is 5. The first-order chi connectivity index (χ1) is 16.3. The molecule has 0 aliphatic carbocycles. The zero-order chi connectivity index (χ0) is 24.4. The number of ether oxygens (including phenoxy) is 1. The molecule has 1 fully saturated rings. The number of amides is 2. The Kier molecular flexibility index (Phi) is 6.72. The summed E-state index contributed by atoms with van der Waals surface area (Å²) in [5.41, 5.74) is 4.83. The minimum absolute atomic E-state index is 0.0287. The van der Waals surface area contributed by atoms with Crippen molar-refractivity contribution in [2.45, 2.75) is 27.7 Å². The fraction of sp³-hybridized carbons (Fsp3) is 0.333. The van der Waals surface area contributed by atoms with E-state index in [4.69, 9.17) is 9.15 Å². The van der Waals surface area contributed by atoms with E-state index in [2.05, 4.69) is 0 Å². The van der Waals surface area contributed by atoms with Gasteiger partial charge in [-0.3, -0.25) is 9.59 Å².